The van der Waals surface area contributed by atoms with Gasteiger partial charge < -0.3 is 15.8 Å². The average molecular weight is 367 g/mol. The van der Waals surface area contributed by atoms with Crippen molar-refractivity contribution in [3.05, 3.63) is 12.2 Å². The molecule has 0 bridgehead atoms. The van der Waals surface area contributed by atoms with E-state index in [0.717, 1.165) is 25.1 Å². The highest BCUT2D eigenvalue weighted by Crippen LogP contribution is 2.25. The molecule has 1 aliphatic heterocycles. The Labute approximate surface area is 127 Å². The maximum Gasteiger partial charge on any atom is 0.188 e. The molecule has 1 heterocycles. The molecular formula is C13H26IN3O. The molecule has 2 unspecified atom stereocenters. The first-order chi connectivity index (χ1) is 8.00. The van der Waals surface area contributed by atoms with Crippen LogP contribution in [0, 0.1) is 11.8 Å². The van der Waals surface area contributed by atoms with Gasteiger partial charge in [0.25, 0.3) is 0 Å². The van der Waals surface area contributed by atoms with Crippen LogP contribution in [0.5, 0.6) is 0 Å². The number of aliphatic imine (C=N–C) groups is 1. The van der Waals surface area contributed by atoms with E-state index in [1.807, 2.05) is 6.92 Å². The Balaban J connectivity index is 0.00000289. The highest BCUT2D eigenvalue weighted by molar-refractivity contribution is 14.0. The van der Waals surface area contributed by atoms with Gasteiger partial charge in [-0.05, 0) is 19.3 Å². The number of ether oxygens (including phenoxy) is 1. The van der Waals surface area contributed by atoms with E-state index in [1.165, 1.54) is 0 Å². The topological polar surface area (TPSA) is 59.6 Å². The zero-order valence-electron chi connectivity index (χ0n) is 11.6. The van der Waals surface area contributed by atoms with Gasteiger partial charge in [-0.3, -0.25) is 0 Å². The Morgan fingerprint density at radius 1 is 1.56 bits per heavy atom. The zero-order valence-corrected chi connectivity index (χ0v) is 13.9. The fourth-order valence-electron chi connectivity index (χ4n) is 2.12. The Hall–Kier alpha value is -0.300. The molecule has 1 saturated heterocycles. The minimum absolute atomic E-state index is 0. The van der Waals surface area contributed by atoms with Gasteiger partial charge in [-0.1, -0.05) is 26.0 Å². The van der Waals surface area contributed by atoms with Crippen molar-refractivity contribution in [2.45, 2.75) is 33.3 Å². The Morgan fingerprint density at radius 3 is 2.78 bits per heavy atom. The quantitative estimate of drug-likeness (QED) is 0.339. The van der Waals surface area contributed by atoms with Crippen LogP contribution in [0.1, 0.15) is 27.2 Å². The van der Waals surface area contributed by atoms with Gasteiger partial charge in [-0.15, -0.1) is 24.0 Å². The van der Waals surface area contributed by atoms with Crippen molar-refractivity contribution in [2.24, 2.45) is 22.6 Å². The predicted octanol–water partition coefficient (Wildman–Crippen LogP) is 2.15. The highest BCUT2D eigenvalue weighted by atomic mass is 127. The molecule has 106 valence electrons. The molecule has 4 nitrogen and oxygen atoms in total. The van der Waals surface area contributed by atoms with E-state index in [2.05, 4.69) is 30.7 Å². The van der Waals surface area contributed by atoms with Gasteiger partial charge in [0.05, 0.1) is 12.6 Å². The normalized spacial score (nSPS) is 23.9. The lowest BCUT2D eigenvalue weighted by Gasteiger charge is -2.22. The zero-order chi connectivity index (χ0) is 12.8. The number of nitrogens with two attached hydrogens (primary N) is 1. The van der Waals surface area contributed by atoms with Crippen molar-refractivity contribution in [2.75, 3.05) is 19.7 Å². The van der Waals surface area contributed by atoms with Gasteiger partial charge in [0.1, 0.15) is 0 Å². The number of rotatable bonds is 5. The molecule has 0 amide bonds. The second kappa shape index (κ2) is 8.74. The molecule has 0 spiro atoms. The fraction of sp³-hybridized carbons (Fsp3) is 0.769. The average Bonchev–Trinajstić information content (AvgIpc) is 2.71. The number of halogens is 1. The molecule has 1 rings (SSSR count). The fourth-order valence-corrected chi connectivity index (χ4v) is 2.12. The molecule has 0 aliphatic carbocycles. The summed E-state index contributed by atoms with van der Waals surface area (Å²) in [6.07, 6.45) is 1.44. The number of nitrogens with one attached hydrogen (secondary N) is 1. The number of hydrogen-bond donors (Lipinski definition) is 2. The molecule has 0 radical (unpaired) electrons. The lowest BCUT2D eigenvalue weighted by molar-refractivity contribution is 0.0549. The van der Waals surface area contributed by atoms with E-state index in [4.69, 9.17) is 10.5 Å². The van der Waals surface area contributed by atoms with Crippen molar-refractivity contribution in [1.29, 1.82) is 0 Å². The molecule has 0 aromatic rings. The number of nitrogens with zero attached hydrogens (tertiary/aromatic N) is 1. The van der Waals surface area contributed by atoms with Crippen LogP contribution in [0.15, 0.2) is 17.1 Å². The van der Waals surface area contributed by atoms with Crippen molar-refractivity contribution in [3.8, 4) is 0 Å². The van der Waals surface area contributed by atoms with E-state index in [1.54, 1.807) is 0 Å². The summed E-state index contributed by atoms with van der Waals surface area (Å²) in [5, 5.41) is 3.17. The number of guanidine groups is 1. The molecule has 18 heavy (non-hydrogen) atoms. The van der Waals surface area contributed by atoms with Crippen LogP contribution in [0.25, 0.3) is 0 Å². The van der Waals surface area contributed by atoms with E-state index in [-0.39, 0.29) is 24.0 Å². The first-order valence-electron chi connectivity index (χ1n) is 6.30. The summed E-state index contributed by atoms with van der Waals surface area (Å²) in [6.45, 7) is 12.4. The van der Waals surface area contributed by atoms with E-state index in [9.17, 15) is 0 Å². The van der Waals surface area contributed by atoms with Crippen molar-refractivity contribution < 1.29 is 4.74 Å². The number of hydrogen-bond acceptors (Lipinski definition) is 2. The maximum atomic E-state index is 5.78. The summed E-state index contributed by atoms with van der Waals surface area (Å²) in [6, 6.07) is 0. The molecule has 1 fully saturated rings. The van der Waals surface area contributed by atoms with Crippen LogP contribution < -0.4 is 11.1 Å². The third kappa shape index (κ3) is 6.04. The van der Waals surface area contributed by atoms with Crippen molar-refractivity contribution >= 4 is 29.9 Å². The largest absolute Gasteiger partial charge is 0.378 e. The molecule has 2 atom stereocenters. The molecule has 5 heteroatoms. The van der Waals surface area contributed by atoms with E-state index >= 15 is 0 Å². The first kappa shape index (κ1) is 17.7. The highest BCUT2D eigenvalue weighted by Gasteiger charge is 2.30. The minimum Gasteiger partial charge on any atom is -0.378 e. The van der Waals surface area contributed by atoms with Crippen LogP contribution in [0.4, 0.5) is 0 Å². The maximum absolute atomic E-state index is 5.78. The van der Waals surface area contributed by atoms with E-state index in [0.29, 0.717) is 30.4 Å². The lowest BCUT2D eigenvalue weighted by atomic mass is 9.93. The third-order valence-electron chi connectivity index (χ3n) is 2.99. The van der Waals surface area contributed by atoms with Crippen LogP contribution in [-0.4, -0.2) is 31.8 Å². The monoisotopic (exact) mass is 367 g/mol. The minimum atomic E-state index is 0. The van der Waals surface area contributed by atoms with Crippen LogP contribution in [0.2, 0.25) is 0 Å². The summed E-state index contributed by atoms with van der Waals surface area (Å²) in [5.74, 6) is 1.59. The first-order valence-corrected chi connectivity index (χ1v) is 6.30. The van der Waals surface area contributed by atoms with Crippen molar-refractivity contribution in [1.82, 2.24) is 5.32 Å². The van der Waals surface area contributed by atoms with Gasteiger partial charge in [0, 0.05) is 19.1 Å². The van der Waals surface area contributed by atoms with Crippen LogP contribution >= 0.6 is 24.0 Å². The predicted molar refractivity (Wildman–Crippen MR) is 87.4 cm³/mol. The second-order valence-corrected chi connectivity index (χ2v) is 5.17. The summed E-state index contributed by atoms with van der Waals surface area (Å²) in [7, 11) is 0. The van der Waals surface area contributed by atoms with Crippen LogP contribution in [0.3, 0.4) is 0 Å². The van der Waals surface area contributed by atoms with Crippen LogP contribution in [-0.2, 0) is 4.74 Å². The Bertz CT molecular complexity index is 292. The van der Waals surface area contributed by atoms with Crippen molar-refractivity contribution in [3.63, 3.8) is 0 Å². The summed E-state index contributed by atoms with van der Waals surface area (Å²) < 4.78 is 5.72. The van der Waals surface area contributed by atoms with Gasteiger partial charge in [-0.25, -0.2) is 4.99 Å². The molecule has 0 saturated carbocycles. The Kier molecular flexibility index (Phi) is 8.60. The molecule has 3 N–H and O–H groups in total. The summed E-state index contributed by atoms with van der Waals surface area (Å²) in [5.41, 5.74) is 6.79. The standard InChI is InChI=1S/C13H25N3O.HI/c1-9(2)7-15-13(14)16-8-11-5-6-17-12(11)10(3)4;/h10-12H,1,5-8H2,2-4H3,(H3,14,15,16);1H. The van der Waals surface area contributed by atoms with Gasteiger partial charge in [0.2, 0.25) is 0 Å². The summed E-state index contributed by atoms with van der Waals surface area (Å²) in [4.78, 5) is 4.20. The lowest BCUT2D eigenvalue weighted by Crippen LogP contribution is -2.38. The molecular weight excluding hydrogens is 341 g/mol. The van der Waals surface area contributed by atoms with Gasteiger partial charge >= 0.3 is 0 Å². The van der Waals surface area contributed by atoms with Gasteiger partial charge in [0.15, 0.2) is 5.96 Å². The SMILES string of the molecule is C=C(C)CN=C(N)NCC1CCOC1C(C)C.I. The second-order valence-electron chi connectivity index (χ2n) is 5.17. The molecule has 0 aromatic carbocycles. The third-order valence-corrected chi connectivity index (χ3v) is 2.99. The smallest absolute Gasteiger partial charge is 0.188 e. The molecule has 1 aliphatic rings. The van der Waals surface area contributed by atoms with Gasteiger partial charge in [-0.2, -0.15) is 0 Å². The molecule has 0 aromatic heterocycles. The Morgan fingerprint density at radius 2 is 2.22 bits per heavy atom. The van der Waals surface area contributed by atoms with E-state index < -0.39 is 0 Å². The summed E-state index contributed by atoms with van der Waals surface area (Å²) >= 11 is 0.